The Labute approximate surface area is 148 Å². The number of piperazine rings is 1. The number of H-pyrrole nitrogens is 1. The topological polar surface area (TPSA) is 54.6 Å². The highest BCUT2D eigenvalue weighted by molar-refractivity contribution is 7.19. The van der Waals surface area contributed by atoms with Crippen molar-refractivity contribution in [3.05, 3.63) is 38.6 Å². The SMILES string of the molecule is Cc1ccc(-c2csc3nc(C[NH+]4CC[NH+](C)CC4)[nH]c(=O)c23)s1. The van der Waals surface area contributed by atoms with Crippen LogP contribution in [-0.2, 0) is 6.54 Å². The van der Waals surface area contributed by atoms with E-state index in [0.717, 1.165) is 46.1 Å². The maximum Gasteiger partial charge on any atom is 0.260 e. The van der Waals surface area contributed by atoms with E-state index in [1.54, 1.807) is 27.6 Å². The molecule has 0 radical (unpaired) electrons. The number of aryl methyl sites for hydroxylation is 1. The summed E-state index contributed by atoms with van der Waals surface area (Å²) in [6.45, 7) is 7.54. The molecule has 3 aromatic rings. The number of hydrogen-bond donors (Lipinski definition) is 3. The van der Waals surface area contributed by atoms with Crippen LogP contribution in [0, 0.1) is 6.92 Å². The highest BCUT2D eigenvalue weighted by Crippen LogP contribution is 2.34. The molecule has 5 nitrogen and oxygen atoms in total. The number of rotatable bonds is 3. The third-order valence-corrected chi connectivity index (χ3v) is 6.63. The number of aromatic nitrogens is 2. The van der Waals surface area contributed by atoms with Crippen LogP contribution >= 0.6 is 22.7 Å². The van der Waals surface area contributed by atoms with Gasteiger partial charge in [-0.3, -0.25) is 4.79 Å². The Balaban J connectivity index is 1.65. The lowest BCUT2D eigenvalue weighted by Crippen LogP contribution is -3.26. The van der Waals surface area contributed by atoms with Crippen LogP contribution in [0.1, 0.15) is 10.7 Å². The van der Waals surface area contributed by atoms with Crippen molar-refractivity contribution >= 4 is 32.9 Å². The zero-order valence-corrected chi connectivity index (χ0v) is 15.6. The van der Waals surface area contributed by atoms with Gasteiger partial charge in [0.25, 0.3) is 5.56 Å². The summed E-state index contributed by atoms with van der Waals surface area (Å²) in [5.41, 5.74) is 1.01. The fourth-order valence-corrected chi connectivity index (χ4v) is 5.20. The van der Waals surface area contributed by atoms with Gasteiger partial charge >= 0.3 is 0 Å². The van der Waals surface area contributed by atoms with Crippen molar-refractivity contribution in [2.75, 3.05) is 33.2 Å². The van der Waals surface area contributed by atoms with Crippen LogP contribution in [0.15, 0.2) is 22.3 Å². The Morgan fingerprint density at radius 3 is 2.75 bits per heavy atom. The molecule has 0 aliphatic carbocycles. The van der Waals surface area contributed by atoms with Crippen LogP contribution in [0.5, 0.6) is 0 Å². The van der Waals surface area contributed by atoms with Crippen molar-refractivity contribution < 1.29 is 9.80 Å². The molecule has 1 aliphatic heterocycles. The van der Waals surface area contributed by atoms with Gasteiger partial charge in [0.05, 0.1) is 12.4 Å². The van der Waals surface area contributed by atoms with E-state index < -0.39 is 0 Å². The zero-order valence-electron chi connectivity index (χ0n) is 13.9. The summed E-state index contributed by atoms with van der Waals surface area (Å²) in [6, 6.07) is 4.18. The fraction of sp³-hybridized carbons (Fsp3) is 0.412. The quantitative estimate of drug-likeness (QED) is 0.611. The fourth-order valence-electron chi connectivity index (χ4n) is 3.28. The minimum absolute atomic E-state index is 0.00328. The molecule has 1 fully saturated rings. The Morgan fingerprint density at radius 2 is 2.04 bits per heavy atom. The lowest BCUT2D eigenvalue weighted by atomic mass is 10.2. The molecule has 0 atom stereocenters. The summed E-state index contributed by atoms with van der Waals surface area (Å²) >= 11 is 3.29. The normalized spacial score (nSPS) is 21.4. The number of thiophene rings is 2. The average molecular weight is 363 g/mol. The van der Waals surface area contributed by atoms with Gasteiger partial charge in [-0.1, -0.05) is 0 Å². The number of likely N-dealkylation sites (N-methyl/N-ethyl adjacent to an activating group) is 1. The lowest BCUT2D eigenvalue weighted by Gasteiger charge is -2.26. The summed E-state index contributed by atoms with van der Waals surface area (Å²) < 4.78 is 0. The van der Waals surface area contributed by atoms with Crippen molar-refractivity contribution in [3.63, 3.8) is 0 Å². The van der Waals surface area contributed by atoms with Crippen LogP contribution in [0.4, 0.5) is 0 Å². The number of fused-ring (bicyclic) bond motifs is 1. The number of hydrogen-bond acceptors (Lipinski definition) is 4. The van der Waals surface area contributed by atoms with Gasteiger partial charge in [0.1, 0.15) is 37.6 Å². The van der Waals surface area contributed by atoms with Gasteiger partial charge in [0.15, 0.2) is 5.82 Å². The molecule has 24 heavy (non-hydrogen) atoms. The third-order valence-electron chi connectivity index (χ3n) is 4.73. The molecule has 0 aromatic carbocycles. The number of nitrogens with zero attached hydrogens (tertiary/aromatic N) is 1. The molecule has 7 heteroatoms. The van der Waals surface area contributed by atoms with Gasteiger partial charge < -0.3 is 14.8 Å². The molecule has 0 saturated carbocycles. The standard InChI is InChI=1S/C17H20N4OS2/c1-11-3-4-13(24-11)12-10-23-17-15(12)16(22)18-14(19-17)9-21-7-5-20(2)6-8-21/h3-4,10H,5-9H2,1-2H3,(H,18,19,22)/p+2. The molecule has 1 saturated heterocycles. The van der Waals surface area contributed by atoms with Crippen LogP contribution < -0.4 is 15.4 Å². The lowest BCUT2D eigenvalue weighted by molar-refractivity contribution is -1.01. The van der Waals surface area contributed by atoms with E-state index in [1.165, 1.54) is 22.9 Å². The van der Waals surface area contributed by atoms with Gasteiger partial charge in [-0.15, -0.1) is 22.7 Å². The molecule has 0 spiro atoms. The van der Waals surface area contributed by atoms with Gasteiger partial charge in [0.2, 0.25) is 0 Å². The second kappa shape index (κ2) is 6.40. The Kier molecular flexibility index (Phi) is 4.26. The van der Waals surface area contributed by atoms with Crippen LogP contribution in [0.25, 0.3) is 20.7 Å². The summed E-state index contributed by atoms with van der Waals surface area (Å²) in [6.07, 6.45) is 0. The van der Waals surface area contributed by atoms with Gasteiger partial charge in [-0.2, -0.15) is 0 Å². The highest BCUT2D eigenvalue weighted by atomic mass is 32.1. The number of quaternary nitrogens is 2. The highest BCUT2D eigenvalue weighted by Gasteiger charge is 2.22. The number of aromatic amines is 1. The van der Waals surface area contributed by atoms with E-state index in [-0.39, 0.29) is 5.56 Å². The predicted molar refractivity (Wildman–Crippen MR) is 99.3 cm³/mol. The van der Waals surface area contributed by atoms with Crippen LogP contribution in [0.3, 0.4) is 0 Å². The smallest absolute Gasteiger partial charge is 0.260 e. The van der Waals surface area contributed by atoms with E-state index in [1.807, 2.05) is 0 Å². The molecule has 3 N–H and O–H groups in total. The largest absolute Gasteiger partial charge is 0.328 e. The first-order valence-corrected chi connectivity index (χ1v) is 10.0. The summed E-state index contributed by atoms with van der Waals surface area (Å²) in [4.78, 5) is 26.8. The average Bonchev–Trinajstić information content (AvgIpc) is 3.16. The Morgan fingerprint density at radius 1 is 1.25 bits per heavy atom. The first-order chi connectivity index (χ1) is 11.6. The molecular weight excluding hydrogens is 340 g/mol. The van der Waals surface area contributed by atoms with E-state index >= 15 is 0 Å². The predicted octanol–water partition coefficient (Wildman–Crippen LogP) is -0.0653. The Bertz CT molecular complexity index is 918. The summed E-state index contributed by atoms with van der Waals surface area (Å²) in [5, 5.41) is 2.80. The molecule has 4 rings (SSSR count). The second-order valence-corrected chi connectivity index (χ2v) is 8.78. The first kappa shape index (κ1) is 16.0. The van der Waals surface area contributed by atoms with Gasteiger partial charge in [-0.25, -0.2) is 4.98 Å². The van der Waals surface area contributed by atoms with Crippen molar-refractivity contribution in [1.82, 2.24) is 9.97 Å². The van der Waals surface area contributed by atoms with Crippen molar-refractivity contribution in [1.29, 1.82) is 0 Å². The first-order valence-electron chi connectivity index (χ1n) is 8.32. The van der Waals surface area contributed by atoms with E-state index in [0.29, 0.717) is 0 Å². The van der Waals surface area contributed by atoms with E-state index in [4.69, 9.17) is 4.98 Å². The van der Waals surface area contributed by atoms with Crippen molar-refractivity contribution in [2.45, 2.75) is 13.5 Å². The van der Waals surface area contributed by atoms with Gasteiger partial charge in [-0.05, 0) is 19.1 Å². The van der Waals surface area contributed by atoms with Crippen LogP contribution in [-0.4, -0.2) is 43.2 Å². The molecule has 126 valence electrons. The summed E-state index contributed by atoms with van der Waals surface area (Å²) in [5.74, 6) is 0.817. The van der Waals surface area contributed by atoms with E-state index in [2.05, 4.69) is 36.5 Å². The molecule has 0 unspecified atom stereocenters. The molecule has 0 bridgehead atoms. The second-order valence-electron chi connectivity index (χ2n) is 6.64. The molecule has 4 heterocycles. The zero-order chi connectivity index (χ0) is 16.7. The molecular formula is C17H22N4OS2+2. The minimum atomic E-state index is -0.00328. The maximum atomic E-state index is 12.7. The van der Waals surface area contributed by atoms with Gasteiger partial charge in [0, 0.05) is 20.7 Å². The monoisotopic (exact) mass is 362 g/mol. The van der Waals surface area contributed by atoms with E-state index in [9.17, 15) is 4.79 Å². The molecule has 0 amide bonds. The van der Waals surface area contributed by atoms with Crippen LogP contribution in [0.2, 0.25) is 0 Å². The Hall–Kier alpha value is -1.54. The number of nitrogens with one attached hydrogen (secondary N) is 3. The maximum absolute atomic E-state index is 12.7. The molecule has 1 aliphatic rings. The molecule has 3 aromatic heterocycles. The van der Waals surface area contributed by atoms with Crippen molar-refractivity contribution in [3.8, 4) is 10.4 Å². The summed E-state index contributed by atoms with van der Waals surface area (Å²) in [7, 11) is 2.24. The van der Waals surface area contributed by atoms with Crippen molar-refractivity contribution in [2.24, 2.45) is 0 Å². The minimum Gasteiger partial charge on any atom is -0.328 e. The third kappa shape index (κ3) is 3.04.